The molecule has 3 aromatic rings. The molecule has 0 bridgehead atoms. The van der Waals surface area contributed by atoms with E-state index < -0.39 is 15.9 Å². The number of rotatable bonds is 8. The molecule has 164 valence electrons. The number of hydrogen-bond donors (Lipinski definition) is 2. The van der Waals surface area contributed by atoms with Crippen molar-refractivity contribution in [2.45, 2.75) is 27.7 Å². The number of sulfone groups is 1. The maximum atomic E-state index is 12.7. The number of aliphatic hydroxyl groups is 1. The van der Waals surface area contributed by atoms with Crippen LogP contribution in [0.3, 0.4) is 0 Å². The number of carbonyl (C=O) groups is 1. The van der Waals surface area contributed by atoms with Crippen molar-refractivity contribution in [1.82, 2.24) is 9.78 Å². The average Bonchev–Trinajstić information content (AvgIpc) is 3.12. The van der Waals surface area contributed by atoms with Gasteiger partial charge in [-0.2, -0.15) is 5.10 Å². The molecule has 1 atom stereocenters. The second-order valence-electron chi connectivity index (χ2n) is 6.98. The van der Waals surface area contributed by atoms with Crippen molar-refractivity contribution < 1.29 is 23.1 Å². The van der Waals surface area contributed by atoms with Gasteiger partial charge in [0.25, 0.3) is 5.91 Å². The Morgan fingerprint density at radius 2 is 1.90 bits per heavy atom. The van der Waals surface area contributed by atoms with E-state index in [2.05, 4.69) is 10.4 Å². The van der Waals surface area contributed by atoms with E-state index in [1.165, 1.54) is 11.8 Å². The van der Waals surface area contributed by atoms with E-state index >= 15 is 0 Å². The number of amides is 1. The Kier molecular flexibility index (Phi) is 7.04. The van der Waals surface area contributed by atoms with Gasteiger partial charge in [0.2, 0.25) is 0 Å². The van der Waals surface area contributed by atoms with Crippen molar-refractivity contribution in [2.24, 2.45) is 7.05 Å². The van der Waals surface area contributed by atoms with Gasteiger partial charge in [0, 0.05) is 40.9 Å². The first-order valence-corrected chi connectivity index (χ1v) is 12.1. The maximum Gasteiger partial charge on any atom is 0.257 e. The van der Waals surface area contributed by atoms with Gasteiger partial charge in [-0.3, -0.25) is 9.48 Å². The number of aliphatic hydroxyl groups excluding tert-OH is 1. The van der Waals surface area contributed by atoms with Crippen LogP contribution in [0.15, 0.2) is 69.4 Å². The zero-order chi connectivity index (χ0) is 22.6. The normalized spacial score (nSPS) is 12.4. The van der Waals surface area contributed by atoms with Crippen LogP contribution in [-0.2, 0) is 16.9 Å². The summed E-state index contributed by atoms with van der Waals surface area (Å²) in [7, 11) is -1.52. The molecule has 10 heteroatoms. The molecule has 0 unspecified atom stereocenters. The second kappa shape index (κ2) is 9.54. The molecule has 1 heterocycles. The fourth-order valence-electron chi connectivity index (χ4n) is 2.66. The zero-order valence-corrected chi connectivity index (χ0v) is 18.9. The van der Waals surface area contributed by atoms with E-state index in [0.29, 0.717) is 17.1 Å². The molecule has 0 aliphatic carbocycles. The molecule has 0 spiro atoms. The predicted molar refractivity (Wildman–Crippen MR) is 118 cm³/mol. The summed E-state index contributed by atoms with van der Waals surface area (Å²) in [4.78, 5) is 14.5. The highest BCUT2D eigenvalue weighted by molar-refractivity contribution is 7.99. The summed E-state index contributed by atoms with van der Waals surface area (Å²) in [6.45, 7) is 1.55. The number of anilines is 1. The topological polar surface area (TPSA) is 111 Å². The van der Waals surface area contributed by atoms with Crippen LogP contribution in [-0.4, -0.2) is 48.2 Å². The Labute approximate surface area is 185 Å². The largest absolute Gasteiger partial charge is 0.488 e. The van der Waals surface area contributed by atoms with Crippen LogP contribution in [0.2, 0.25) is 0 Å². The molecule has 3 rings (SSSR count). The highest BCUT2D eigenvalue weighted by Crippen LogP contribution is 2.32. The summed E-state index contributed by atoms with van der Waals surface area (Å²) < 4.78 is 30.6. The minimum absolute atomic E-state index is 0.167. The first-order chi connectivity index (χ1) is 14.6. The minimum atomic E-state index is -3.28. The molecule has 1 amide bonds. The van der Waals surface area contributed by atoms with Crippen molar-refractivity contribution in [3.8, 4) is 5.75 Å². The van der Waals surface area contributed by atoms with Gasteiger partial charge in [-0.15, -0.1) is 0 Å². The quantitative estimate of drug-likeness (QED) is 0.531. The molecular formula is C21H23N3O5S2. The van der Waals surface area contributed by atoms with Crippen LogP contribution in [0.1, 0.15) is 17.3 Å². The first kappa shape index (κ1) is 22.9. The van der Waals surface area contributed by atoms with E-state index in [4.69, 9.17) is 4.74 Å². The molecule has 0 radical (unpaired) electrons. The van der Waals surface area contributed by atoms with Gasteiger partial charge in [-0.1, -0.05) is 11.8 Å². The van der Waals surface area contributed by atoms with E-state index in [1.54, 1.807) is 73.4 Å². The highest BCUT2D eigenvalue weighted by atomic mass is 32.2. The average molecular weight is 462 g/mol. The van der Waals surface area contributed by atoms with E-state index in [-0.39, 0.29) is 17.4 Å². The first-order valence-electron chi connectivity index (χ1n) is 9.35. The number of hydrogen-bond acceptors (Lipinski definition) is 7. The van der Waals surface area contributed by atoms with Crippen molar-refractivity contribution in [3.63, 3.8) is 0 Å². The third-order valence-corrected chi connectivity index (χ3v) is 6.29. The lowest BCUT2D eigenvalue weighted by Gasteiger charge is -2.15. The Hall–Kier alpha value is -2.82. The number of benzene rings is 2. The zero-order valence-electron chi connectivity index (χ0n) is 17.3. The number of ether oxygens (including phenoxy) is 1. The van der Waals surface area contributed by atoms with Gasteiger partial charge in [0.05, 0.1) is 11.5 Å². The van der Waals surface area contributed by atoms with Crippen LogP contribution in [0.4, 0.5) is 5.82 Å². The number of nitrogens with one attached hydrogen (secondary N) is 1. The number of nitrogens with zero attached hydrogens (tertiary/aromatic N) is 2. The lowest BCUT2D eigenvalue weighted by atomic mass is 10.2. The predicted octanol–water partition coefficient (Wildman–Crippen LogP) is 2.99. The van der Waals surface area contributed by atoms with Crippen molar-refractivity contribution in [3.05, 3.63) is 60.3 Å². The van der Waals surface area contributed by atoms with Crippen LogP contribution in [0.25, 0.3) is 0 Å². The van der Waals surface area contributed by atoms with Crippen LogP contribution in [0, 0.1) is 0 Å². The maximum absolute atomic E-state index is 12.7. The SMILES string of the molecule is C[C@@H](CO)Oc1cc(Sc2ccc(S(C)(=O)=O)cc2)cc(C(=O)Nc2ccn(C)n2)c1. The van der Waals surface area contributed by atoms with Crippen molar-refractivity contribution in [2.75, 3.05) is 18.2 Å². The Morgan fingerprint density at radius 3 is 2.48 bits per heavy atom. The summed E-state index contributed by atoms with van der Waals surface area (Å²) in [5, 5.41) is 16.2. The van der Waals surface area contributed by atoms with Gasteiger partial charge in [-0.05, 0) is 49.4 Å². The summed E-state index contributed by atoms with van der Waals surface area (Å²) in [5.74, 6) is 0.508. The third-order valence-electron chi connectivity index (χ3n) is 4.18. The second-order valence-corrected chi connectivity index (χ2v) is 10.1. The molecule has 0 saturated heterocycles. The summed E-state index contributed by atoms with van der Waals surface area (Å²) in [6, 6.07) is 13.3. The number of aryl methyl sites for hydroxylation is 1. The van der Waals surface area contributed by atoms with Gasteiger partial charge < -0.3 is 15.2 Å². The van der Waals surface area contributed by atoms with Crippen LogP contribution < -0.4 is 10.1 Å². The van der Waals surface area contributed by atoms with E-state index in [9.17, 15) is 18.3 Å². The van der Waals surface area contributed by atoms with E-state index in [1.807, 2.05) is 0 Å². The molecule has 2 N–H and O–H groups in total. The Bertz CT molecular complexity index is 1170. The molecule has 1 aromatic heterocycles. The van der Waals surface area contributed by atoms with Crippen LogP contribution in [0.5, 0.6) is 5.75 Å². The summed E-state index contributed by atoms with van der Waals surface area (Å²) in [6.07, 6.45) is 2.44. The molecule has 31 heavy (non-hydrogen) atoms. The lowest BCUT2D eigenvalue weighted by molar-refractivity contribution is 0.102. The van der Waals surface area contributed by atoms with Gasteiger partial charge in [0.15, 0.2) is 15.7 Å². The van der Waals surface area contributed by atoms with Crippen molar-refractivity contribution in [1.29, 1.82) is 0 Å². The Morgan fingerprint density at radius 1 is 1.19 bits per heavy atom. The number of carbonyl (C=O) groups excluding carboxylic acids is 1. The van der Waals surface area contributed by atoms with E-state index in [0.717, 1.165) is 16.0 Å². The van der Waals surface area contributed by atoms with Gasteiger partial charge >= 0.3 is 0 Å². The summed E-state index contributed by atoms with van der Waals surface area (Å²) >= 11 is 1.36. The van der Waals surface area contributed by atoms with Crippen molar-refractivity contribution >= 4 is 33.3 Å². The standard InChI is InChI=1S/C21H23N3O5S2/c1-14(13-25)29-16-10-15(21(26)22-20-8-9-24(2)23-20)11-18(12-16)30-17-4-6-19(7-5-17)31(3,27)28/h4-12,14,25H,13H2,1-3H3,(H,22,23,26)/t14-/m0/s1. The minimum Gasteiger partial charge on any atom is -0.488 e. The fraction of sp³-hybridized carbons (Fsp3) is 0.238. The molecule has 0 aliphatic rings. The molecule has 2 aromatic carbocycles. The highest BCUT2D eigenvalue weighted by Gasteiger charge is 2.14. The molecule has 0 saturated carbocycles. The van der Waals surface area contributed by atoms with Gasteiger partial charge in [0.1, 0.15) is 11.9 Å². The molecule has 0 aliphatic heterocycles. The molecular weight excluding hydrogens is 438 g/mol. The molecule has 0 fully saturated rings. The lowest BCUT2D eigenvalue weighted by Crippen LogP contribution is -2.17. The smallest absolute Gasteiger partial charge is 0.257 e. The fourth-order valence-corrected chi connectivity index (χ4v) is 4.20. The van der Waals surface area contributed by atoms with Gasteiger partial charge in [-0.25, -0.2) is 8.42 Å². The monoisotopic (exact) mass is 461 g/mol. The van der Waals surface area contributed by atoms with Crippen LogP contribution >= 0.6 is 11.8 Å². The third kappa shape index (κ3) is 6.33. The number of aromatic nitrogens is 2. The Balaban J connectivity index is 1.88. The summed E-state index contributed by atoms with van der Waals surface area (Å²) in [5.41, 5.74) is 0.364. The molecule has 8 nitrogen and oxygen atoms in total.